The Morgan fingerprint density at radius 3 is 2.44 bits per heavy atom. The zero-order valence-electron chi connectivity index (χ0n) is 16.0. The summed E-state index contributed by atoms with van der Waals surface area (Å²) in [7, 11) is 0. The van der Waals surface area contributed by atoms with E-state index in [-0.39, 0.29) is 28.7 Å². The van der Waals surface area contributed by atoms with E-state index >= 15 is 0 Å². The third kappa shape index (κ3) is 2.77. The number of nitrogens with zero attached hydrogens (tertiary/aromatic N) is 2. The lowest BCUT2D eigenvalue weighted by Gasteiger charge is -2.52. The van der Waals surface area contributed by atoms with E-state index in [0.29, 0.717) is 19.3 Å². The summed E-state index contributed by atoms with van der Waals surface area (Å²) in [6.07, 6.45) is 5.03. The van der Waals surface area contributed by atoms with Crippen LogP contribution in [0.4, 0.5) is 11.4 Å². The van der Waals surface area contributed by atoms with Gasteiger partial charge in [-0.1, -0.05) is 26.7 Å². The molecule has 1 saturated carbocycles. The van der Waals surface area contributed by atoms with E-state index in [0.717, 1.165) is 43.5 Å². The molecule has 0 radical (unpaired) electrons. The van der Waals surface area contributed by atoms with Crippen LogP contribution in [0.3, 0.4) is 0 Å². The van der Waals surface area contributed by atoms with Crippen LogP contribution in [-0.4, -0.2) is 29.1 Å². The molecule has 1 aromatic carbocycles. The molecule has 2 fully saturated rings. The van der Waals surface area contributed by atoms with Gasteiger partial charge < -0.3 is 4.90 Å². The Hall–Kier alpha value is -2.24. The molecule has 2 aliphatic heterocycles. The van der Waals surface area contributed by atoms with Crippen LogP contribution in [0.5, 0.6) is 0 Å². The Bertz CT molecular complexity index is 809. The van der Waals surface area contributed by atoms with Gasteiger partial charge in [0.05, 0.1) is 4.92 Å². The molecule has 2 heterocycles. The molecular weight excluding hydrogens is 344 g/mol. The summed E-state index contributed by atoms with van der Waals surface area (Å²) in [6.45, 7) is 4.74. The standard InChI is InChI=1S/C21H26N2O4/c1-20(2)12-18(24)21(19(25)13-20)11-14-10-15(23(26)27)7-8-16(14)22-9-5-3-4-6-17(21)22/h7-8,10,17H,3-6,9,11-13H2,1-2H3/t17-/m0/s1. The molecule has 6 heteroatoms. The average Bonchev–Trinajstić information content (AvgIpc) is 2.84. The zero-order valence-corrected chi connectivity index (χ0v) is 16.0. The Labute approximate surface area is 159 Å². The molecule has 0 amide bonds. The molecule has 6 nitrogen and oxygen atoms in total. The number of ketones is 2. The number of rotatable bonds is 1. The topological polar surface area (TPSA) is 80.5 Å². The number of nitro benzene ring substituents is 1. The van der Waals surface area contributed by atoms with Crippen molar-refractivity contribution >= 4 is 22.9 Å². The van der Waals surface area contributed by atoms with Gasteiger partial charge in [0.1, 0.15) is 17.0 Å². The molecule has 1 saturated heterocycles. The molecule has 3 aliphatic rings. The van der Waals surface area contributed by atoms with E-state index in [2.05, 4.69) is 4.90 Å². The van der Waals surface area contributed by atoms with Gasteiger partial charge in [0.25, 0.3) is 5.69 Å². The lowest BCUT2D eigenvalue weighted by molar-refractivity contribution is -0.384. The van der Waals surface area contributed by atoms with E-state index in [1.807, 2.05) is 13.8 Å². The first-order valence-corrected chi connectivity index (χ1v) is 9.85. The van der Waals surface area contributed by atoms with Gasteiger partial charge in [-0.15, -0.1) is 0 Å². The largest absolute Gasteiger partial charge is 0.367 e. The molecule has 27 heavy (non-hydrogen) atoms. The summed E-state index contributed by atoms with van der Waals surface area (Å²) in [6, 6.07) is 4.79. The first-order valence-electron chi connectivity index (χ1n) is 9.85. The number of anilines is 1. The van der Waals surface area contributed by atoms with Crippen LogP contribution in [0.2, 0.25) is 0 Å². The second-order valence-corrected chi connectivity index (χ2v) is 9.14. The van der Waals surface area contributed by atoms with E-state index in [1.165, 1.54) is 6.07 Å². The SMILES string of the molecule is CC1(C)CC(=O)C2(Cc3cc([N+](=O)[O-])ccc3N3CCCCC[C@H]32)C(=O)C1. The molecule has 0 unspecified atom stereocenters. The molecule has 0 bridgehead atoms. The summed E-state index contributed by atoms with van der Waals surface area (Å²) in [5, 5.41) is 11.3. The van der Waals surface area contributed by atoms with Crippen molar-refractivity contribution in [2.45, 2.75) is 64.8 Å². The van der Waals surface area contributed by atoms with E-state index in [1.54, 1.807) is 12.1 Å². The van der Waals surface area contributed by atoms with Crippen molar-refractivity contribution in [1.82, 2.24) is 0 Å². The maximum Gasteiger partial charge on any atom is 0.269 e. The fourth-order valence-electron chi connectivity index (χ4n) is 5.41. The molecule has 1 spiro atoms. The molecule has 4 rings (SSSR count). The fraction of sp³-hybridized carbons (Fsp3) is 0.619. The van der Waals surface area contributed by atoms with Crippen LogP contribution in [0, 0.1) is 20.9 Å². The second-order valence-electron chi connectivity index (χ2n) is 9.14. The first kappa shape index (κ1) is 18.1. The minimum atomic E-state index is -1.04. The highest BCUT2D eigenvalue weighted by molar-refractivity contribution is 6.11. The number of hydrogen-bond donors (Lipinski definition) is 0. The van der Waals surface area contributed by atoms with E-state index in [4.69, 9.17) is 0 Å². The number of non-ortho nitro benzene ring substituents is 1. The van der Waals surface area contributed by atoms with Crippen molar-refractivity contribution in [2.24, 2.45) is 10.8 Å². The molecule has 144 valence electrons. The van der Waals surface area contributed by atoms with Crippen molar-refractivity contribution in [2.75, 3.05) is 11.4 Å². The fourth-order valence-corrected chi connectivity index (χ4v) is 5.41. The highest BCUT2D eigenvalue weighted by Gasteiger charge is 2.59. The summed E-state index contributed by atoms with van der Waals surface area (Å²) in [5.41, 5.74) is 0.403. The van der Waals surface area contributed by atoms with Crippen LogP contribution in [0.1, 0.15) is 57.9 Å². The van der Waals surface area contributed by atoms with Crippen molar-refractivity contribution in [3.8, 4) is 0 Å². The van der Waals surface area contributed by atoms with Crippen molar-refractivity contribution < 1.29 is 14.5 Å². The minimum absolute atomic E-state index is 0.0215. The number of Topliss-reactive ketones (excluding diaryl/α,β-unsaturated/α-hetero) is 2. The van der Waals surface area contributed by atoms with Crippen LogP contribution in [-0.2, 0) is 16.0 Å². The van der Waals surface area contributed by atoms with Crippen LogP contribution in [0.15, 0.2) is 18.2 Å². The Balaban J connectivity index is 1.87. The number of carbonyl (C=O) groups excluding carboxylic acids is 2. The predicted octanol–water partition coefficient (Wildman–Crippen LogP) is 3.84. The van der Waals surface area contributed by atoms with Gasteiger partial charge in [-0.3, -0.25) is 19.7 Å². The maximum atomic E-state index is 13.4. The highest BCUT2D eigenvalue weighted by Crippen LogP contribution is 2.52. The quantitative estimate of drug-likeness (QED) is 0.426. The van der Waals surface area contributed by atoms with Crippen LogP contribution >= 0.6 is 0 Å². The molecule has 0 N–H and O–H groups in total. The smallest absolute Gasteiger partial charge is 0.269 e. The van der Waals surface area contributed by atoms with Crippen molar-refractivity contribution in [1.29, 1.82) is 0 Å². The van der Waals surface area contributed by atoms with Gasteiger partial charge in [-0.05, 0) is 36.3 Å². The highest BCUT2D eigenvalue weighted by atomic mass is 16.6. The number of benzene rings is 1. The van der Waals surface area contributed by atoms with E-state index < -0.39 is 10.3 Å². The minimum Gasteiger partial charge on any atom is -0.367 e. The second kappa shape index (κ2) is 6.14. The number of carbonyl (C=O) groups is 2. The summed E-state index contributed by atoms with van der Waals surface area (Å²) < 4.78 is 0. The third-order valence-electron chi connectivity index (χ3n) is 6.65. The first-order chi connectivity index (χ1) is 12.7. The van der Waals surface area contributed by atoms with Crippen LogP contribution in [0.25, 0.3) is 0 Å². The molecular formula is C21H26N2O4. The monoisotopic (exact) mass is 370 g/mol. The van der Waals surface area contributed by atoms with Crippen molar-refractivity contribution in [3.63, 3.8) is 0 Å². The lowest BCUT2D eigenvalue weighted by atomic mass is 9.56. The summed E-state index contributed by atoms with van der Waals surface area (Å²) in [4.78, 5) is 39.9. The lowest BCUT2D eigenvalue weighted by Crippen LogP contribution is -2.63. The van der Waals surface area contributed by atoms with Gasteiger partial charge in [0.2, 0.25) is 0 Å². The molecule has 1 aromatic rings. The number of hydrogen-bond acceptors (Lipinski definition) is 5. The number of nitro groups is 1. The van der Waals surface area contributed by atoms with Crippen molar-refractivity contribution in [3.05, 3.63) is 33.9 Å². The van der Waals surface area contributed by atoms with Gasteiger partial charge >= 0.3 is 0 Å². The third-order valence-corrected chi connectivity index (χ3v) is 6.65. The zero-order chi connectivity index (χ0) is 19.4. The van der Waals surface area contributed by atoms with Crippen LogP contribution < -0.4 is 4.90 Å². The van der Waals surface area contributed by atoms with E-state index in [9.17, 15) is 19.7 Å². The maximum absolute atomic E-state index is 13.4. The van der Waals surface area contributed by atoms with Gasteiger partial charge in [0, 0.05) is 43.2 Å². The summed E-state index contributed by atoms with van der Waals surface area (Å²) in [5.74, 6) is 0.0515. The normalized spacial score (nSPS) is 26.3. The number of fused-ring (bicyclic) bond motifs is 4. The molecule has 1 atom stereocenters. The molecule has 0 aromatic heterocycles. The van der Waals surface area contributed by atoms with Gasteiger partial charge in [-0.2, -0.15) is 0 Å². The Kier molecular flexibility index (Phi) is 4.13. The van der Waals surface area contributed by atoms with Gasteiger partial charge in [0.15, 0.2) is 0 Å². The average molecular weight is 370 g/mol. The molecule has 1 aliphatic carbocycles. The Morgan fingerprint density at radius 1 is 1.07 bits per heavy atom. The van der Waals surface area contributed by atoms with Gasteiger partial charge in [-0.25, -0.2) is 0 Å². The Morgan fingerprint density at radius 2 is 1.78 bits per heavy atom. The summed E-state index contributed by atoms with van der Waals surface area (Å²) >= 11 is 0. The predicted molar refractivity (Wildman–Crippen MR) is 102 cm³/mol.